The summed E-state index contributed by atoms with van der Waals surface area (Å²) in [6.07, 6.45) is 5.82. The number of sulfonamides is 1. The van der Waals surface area contributed by atoms with Crippen LogP contribution in [-0.2, 0) is 10.0 Å². The molecule has 1 aliphatic rings. The minimum atomic E-state index is -3.94. The maximum atomic E-state index is 14.1. The largest absolute Gasteiger partial charge is 0.352 e. The summed E-state index contributed by atoms with van der Waals surface area (Å²) in [5.41, 5.74) is 0.169. The molecule has 7 heteroatoms. The number of amides is 1. The molecule has 1 saturated carbocycles. The predicted octanol–water partition coefficient (Wildman–Crippen LogP) is 3.17. The van der Waals surface area contributed by atoms with Crippen LogP contribution in [0.15, 0.2) is 23.1 Å². The van der Waals surface area contributed by atoms with Crippen LogP contribution in [0.2, 0.25) is 0 Å². The van der Waals surface area contributed by atoms with Crippen LogP contribution in [0.3, 0.4) is 0 Å². The van der Waals surface area contributed by atoms with Crippen LogP contribution in [0.4, 0.5) is 4.39 Å². The van der Waals surface area contributed by atoms with Crippen molar-refractivity contribution in [2.45, 2.75) is 50.8 Å². The second kappa shape index (κ2) is 8.76. The van der Waals surface area contributed by atoms with Crippen molar-refractivity contribution in [1.29, 1.82) is 0 Å². The van der Waals surface area contributed by atoms with E-state index in [-0.39, 0.29) is 24.6 Å². The van der Waals surface area contributed by atoms with E-state index in [1.54, 1.807) is 13.8 Å². The lowest BCUT2D eigenvalue weighted by Crippen LogP contribution is -2.32. The molecule has 25 heavy (non-hydrogen) atoms. The number of nitrogens with zero attached hydrogens (tertiary/aromatic N) is 1. The molecule has 5 nitrogen and oxygen atoms in total. The summed E-state index contributed by atoms with van der Waals surface area (Å²) in [4.78, 5) is 11.9. The fraction of sp³-hybridized carbons (Fsp3) is 0.611. The van der Waals surface area contributed by atoms with Gasteiger partial charge in [0.25, 0.3) is 5.91 Å². The molecule has 1 fully saturated rings. The van der Waals surface area contributed by atoms with Gasteiger partial charge in [-0.25, -0.2) is 12.8 Å². The van der Waals surface area contributed by atoms with E-state index in [2.05, 4.69) is 5.32 Å². The van der Waals surface area contributed by atoms with Gasteiger partial charge in [0.15, 0.2) is 0 Å². The van der Waals surface area contributed by atoms with E-state index in [0.717, 1.165) is 25.0 Å². The first-order chi connectivity index (χ1) is 11.9. The standard InChI is InChI=1S/C18H27FN2O3S/c1-3-21(4-2)25(23,24)17-12-15(10-11-16(17)19)18(22)20-13-14-8-6-5-7-9-14/h10-12,14H,3-9,13H2,1-2H3,(H,20,22). The summed E-state index contributed by atoms with van der Waals surface area (Å²) >= 11 is 0. The summed E-state index contributed by atoms with van der Waals surface area (Å²) in [7, 11) is -3.94. The number of rotatable bonds is 7. The lowest BCUT2D eigenvalue weighted by atomic mass is 9.89. The third kappa shape index (κ3) is 4.79. The Morgan fingerprint density at radius 1 is 1.20 bits per heavy atom. The van der Waals surface area contributed by atoms with Crippen molar-refractivity contribution in [3.05, 3.63) is 29.6 Å². The summed E-state index contributed by atoms with van der Waals surface area (Å²) in [5, 5.41) is 2.85. The molecule has 1 aromatic carbocycles. The molecule has 0 aliphatic heterocycles. The molecule has 1 aromatic rings. The van der Waals surface area contributed by atoms with Crippen molar-refractivity contribution in [3.63, 3.8) is 0 Å². The van der Waals surface area contributed by atoms with Gasteiger partial charge in [0.05, 0.1) is 0 Å². The minimum absolute atomic E-state index is 0.169. The van der Waals surface area contributed by atoms with Crippen LogP contribution >= 0.6 is 0 Å². The van der Waals surface area contributed by atoms with Crippen molar-refractivity contribution in [3.8, 4) is 0 Å². The molecule has 0 heterocycles. The van der Waals surface area contributed by atoms with E-state index in [1.807, 2.05) is 0 Å². The van der Waals surface area contributed by atoms with Crippen LogP contribution in [0.1, 0.15) is 56.3 Å². The summed E-state index contributed by atoms with van der Waals surface area (Å²) in [5.74, 6) is -0.727. The lowest BCUT2D eigenvalue weighted by Gasteiger charge is -2.22. The molecule has 0 bridgehead atoms. The first-order valence-corrected chi connectivity index (χ1v) is 10.4. The highest BCUT2D eigenvalue weighted by molar-refractivity contribution is 7.89. The maximum absolute atomic E-state index is 14.1. The van der Waals surface area contributed by atoms with Crippen molar-refractivity contribution in [2.24, 2.45) is 5.92 Å². The number of hydrogen-bond donors (Lipinski definition) is 1. The van der Waals surface area contributed by atoms with Crippen LogP contribution in [0.25, 0.3) is 0 Å². The van der Waals surface area contributed by atoms with Gasteiger partial charge in [-0.05, 0) is 37.0 Å². The van der Waals surface area contributed by atoms with Gasteiger partial charge in [-0.3, -0.25) is 4.79 Å². The molecule has 2 rings (SSSR count). The Morgan fingerprint density at radius 2 is 1.84 bits per heavy atom. The van der Waals surface area contributed by atoms with Crippen LogP contribution < -0.4 is 5.32 Å². The zero-order valence-electron chi connectivity index (χ0n) is 14.9. The van der Waals surface area contributed by atoms with Gasteiger partial charge in [-0.2, -0.15) is 4.31 Å². The number of halogens is 1. The Balaban J connectivity index is 2.15. The predicted molar refractivity (Wildman–Crippen MR) is 95.4 cm³/mol. The van der Waals surface area contributed by atoms with Crippen LogP contribution in [-0.4, -0.2) is 38.3 Å². The lowest BCUT2D eigenvalue weighted by molar-refractivity contribution is 0.0943. The Labute approximate surface area is 149 Å². The Hall–Kier alpha value is -1.47. The maximum Gasteiger partial charge on any atom is 0.251 e. The smallest absolute Gasteiger partial charge is 0.251 e. The quantitative estimate of drug-likeness (QED) is 0.802. The van der Waals surface area contributed by atoms with E-state index >= 15 is 0 Å². The molecule has 0 aromatic heterocycles. The van der Waals surface area contributed by atoms with Gasteiger partial charge in [0.1, 0.15) is 10.7 Å². The van der Waals surface area contributed by atoms with E-state index < -0.39 is 20.7 Å². The molecule has 0 saturated heterocycles. The van der Waals surface area contributed by atoms with Crippen molar-refractivity contribution >= 4 is 15.9 Å². The molecular formula is C18H27FN2O3S. The zero-order chi connectivity index (χ0) is 18.4. The number of benzene rings is 1. The molecule has 140 valence electrons. The summed E-state index contributed by atoms with van der Waals surface area (Å²) in [6, 6.07) is 3.51. The first kappa shape index (κ1) is 19.8. The van der Waals surface area contributed by atoms with Crippen molar-refractivity contribution < 1.29 is 17.6 Å². The second-order valence-electron chi connectivity index (χ2n) is 6.45. The molecule has 0 unspecified atom stereocenters. The minimum Gasteiger partial charge on any atom is -0.352 e. The molecular weight excluding hydrogens is 343 g/mol. The van der Waals surface area contributed by atoms with Crippen molar-refractivity contribution in [1.82, 2.24) is 9.62 Å². The molecule has 0 spiro atoms. The van der Waals surface area contributed by atoms with Crippen LogP contribution in [0, 0.1) is 11.7 Å². The SMILES string of the molecule is CCN(CC)S(=O)(=O)c1cc(C(=O)NCC2CCCCC2)ccc1F. The Morgan fingerprint density at radius 3 is 2.44 bits per heavy atom. The van der Waals surface area contributed by atoms with E-state index in [4.69, 9.17) is 0 Å². The summed E-state index contributed by atoms with van der Waals surface area (Å²) in [6.45, 7) is 4.46. The van der Waals surface area contributed by atoms with Gasteiger partial charge in [-0.1, -0.05) is 33.1 Å². The number of hydrogen-bond acceptors (Lipinski definition) is 3. The third-order valence-electron chi connectivity index (χ3n) is 4.79. The van der Waals surface area contributed by atoms with Crippen molar-refractivity contribution in [2.75, 3.05) is 19.6 Å². The number of carbonyl (C=O) groups excluding carboxylic acids is 1. The second-order valence-corrected chi connectivity index (χ2v) is 8.35. The van der Waals surface area contributed by atoms with E-state index in [0.29, 0.717) is 12.5 Å². The number of carbonyl (C=O) groups is 1. The third-order valence-corrected chi connectivity index (χ3v) is 6.86. The number of nitrogens with one attached hydrogen (secondary N) is 1. The molecule has 0 radical (unpaired) electrons. The molecule has 0 atom stereocenters. The molecule has 1 N–H and O–H groups in total. The van der Waals surface area contributed by atoms with Gasteiger partial charge in [0.2, 0.25) is 10.0 Å². The average Bonchev–Trinajstić information content (AvgIpc) is 2.61. The summed E-state index contributed by atoms with van der Waals surface area (Å²) < 4.78 is 40.4. The molecule has 1 amide bonds. The van der Waals surface area contributed by atoms with E-state index in [1.165, 1.54) is 29.6 Å². The highest BCUT2D eigenvalue weighted by Gasteiger charge is 2.26. The normalized spacial score (nSPS) is 16.2. The fourth-order valence-corrected chi connectivity index (χ4v) is 4.82. The van der Waals surface area contributed by atoms with E-state index in [9.17, 15) is 17.6 Å². The average molecular weight is 370 g/mol. The van der Waals surface area contributed by atoms with Gasteiger partial charge < -0.3 is 5.32 Å². The monoisotopic (exact) mass is 370 g/mol. The van der Waals surface area contributed by atoms with Crippen LogP contribution in [0.5, 0.6) is 0 Å². The topological polar surface area (TPSA) is 66.5 Å². The van der Waals surface area contributed by atoms with Gasteiger partial charge in [-0.15, -0.1) is 0 Å². The highest BCUT2D eigenvalue weighted by atomic mass is 32.2. The first-order valence-electron chi connectivity index (χ1n) is 8.98. The Kier molecular flexibility index (Phi) is 6.95. The molecule has 1 aliphatic carbocycles. The fourth-order valence-electron chi connectivity index (χ4n) is 3.28. The van der Waals surface area contributed by atoms with Gasteiger partial charge >= 0.3 is 0 Å². The zero-order valence-corrected chi connectivity index (χ0v) is 15.7. The van der Waals surface area contributed by atoms with Gasteiger partial charge in [0, 0.05) is 25.2 Å². The highest BCUT2D eigenvalue weighted by Crippen LogP contribution is 2.23. The Bertz CT molecular complexity index is 696.